The van der Waals surface area contributed by atoms with Crippen molar-refractivity contribution in [2.75, 3.05) is 13.2 Å². The van der Waals surface area contributed by atoms with Crippen LogP contribution in [-0.4, -0.2) is 28.7 Å². The molecule has 1 unspecified atom stereocenters. The Hall–Kier alpha value is -3.51. The minimum absolute atomic E-state index is 0.0857. The molecule has 0 saturated carbocycles. The van der Waals surface area contributed by atoms with Crippen LogP contribution in [0.1, 0.15) is 37.6 Å². The summed E-state index contributed by atoms with van der Waals surface area (Å²) in [4.78, 5) is 17.1. The van der Waals surface area contributed by atoms with Gasteiger partial charge in [-0.3, -0.25) is 4.79 Å². The molecule has 0 saturated heterocycles. The molecule has 35 heavy (non-hydrogen) atoms. The van der Waals surface area contributed by atoms with Gasteiger partial charge in [-0.2, -0.15) is 0 Å². The molecule has 0 spiro atoms. The Morgan fingerprint density at radius 2 is 1.69 bits per heavy atom. The molecule has 0 aliphatic heterocycles. The topological polar surface area (TPSA) is 65.4 Å². The number of nitrogens with one attached hydrogen (secondary N) is 1. The number of para-hydroxylation sites is 2. The van der Waals surface area contributed by atoms with Crippen LogP contribution in [0.15, 0.2) is 72.8 Å². The molecular weight excluding hydrogens is 462 g/mol. The zero-order valence-corrected chi connectivity index (χ0v) is 20.8. The molecule has 0 aliphatic rings. The molecule has 1 N–H and O–H groups in total. The third-order valence-corrected chi connectivity index (χ3v) is 6.26. The van der Waals surface area contributed by atoms with Gasteiger partial charge in [0.05, 0.1) is 24.1 Å². The summed E-state index contributed by atoms with van der Waals surface area (Å²) in [6, 6.07) is 23.1. The lowest BCUT2D eigenvalue weighted by atomic mass is 9.99. The Labute approximate surface area is 210 Å². The van der Waals surface area contributed by atoms with E-state index in [1.54, 1.807) is 24.3 Å². The van der Waals surface area contributed by atoms with E-state index in [1.807, 2.05) is 36.4 Å². The number of rotatable bonds is 11. The molecule has 0 radical (unpaired) electrons. The number of fused-ring (bicyclic) bond motifs is 1. The molecule has 4 aromatic rings. The largest absolute Gasteiger partial charge is 0.492 e. The van der Waals surface area contributed by atoms with Crippen LogP contribution in [0.2, 0.25) is 5.02 Å². The number of halogens is 1. The van der Waals surface area contributed by atoms with E-state index in [0.29, 0.717) is 36.4 Å². The molecule has 6 nitrogen and oxygen atoms in total. The summed E-state index contributed by atoms with van der Waals surface area (Å²) in [6.07, 6.45) is 1.11. The second-order valence-electron chi connectivity index (χ2n) is 8.41. The second kappa shape index (κ2) is 11.8. The van der Waals surface area contributed by atoms with E-state index in [9.17, 15) is 4.79 Å². The molecule has 1 aromatic heterocycles. The van der Waals surface area contributed by atoms with Gasteiger partial charge in [0.1, 0.15) is 23.9 Å². The van der Waals surface area contributed by atoms with Crippen LogP contribution in [0, 0.1) is 0 Å². The van der Waals surface area contributed by atoms with Gasteiger partial charge in [-0.1, -0.05) is 49.7 Å². The SMILES string of the molecule is CCC(C)c1ccc(OCCn2c(CNC(=O)COc3ccc(Cl)cc3)nc3ccccc32)cc1. The third-order valence-electron chi connectivity index (χ3n) is 6.01. The number of imidazole rings is 1. The second-order valence-corrected chi connectivity index (χ2v) is 8.85. The summed E-state index contributed by atoms with van der Waals surface area (Å²) in [5.74, 6) is 2.51. The zero-order chi connectivity index (χ0) is 24.6. The van der Waals surface area contributed by atoms with Crippen molar-refractivity contribution in [3.8, 4) is 11.5 Å². The fraction of sp³-hybridized carbons (Fsp3) is 0.286. The summed E-state index contributed by atoms with van der Waals surface area (Å²) in [7, 11) is 0. The molecule has 0 bridgehead atoms. The van der Waals surface area contributed by atoms with E-state index in [4.69, 9.17) is 26.1 Å². The monoisotopic (exact) mass is 491 g/mol. The Kier molecular flexibility index (Phi) is 8.27. The number of ether oxygens (including phenoxy) is 2. The maximum Gasteiger partial charge on any atom is 0.258 e. The van der Waals surface area contributed by atoms with Crippen molar-refractivity contribution in [2.24, 2.45) is 0 Å². The van der Waals surface area contributed by atoms with Gasteiger partial charge in [0, 0.05) is 5.02 Å². The van der Waals surface area contributed by atoms with Crippen molar-refractivity contribution >= 4 is 28.5 Å². The highest BCUT2D eigenvalue weighted by atomic mass is 35.5. The lowest BCUT2D eigenvalue weighted by Crippen LogP contribution is -2.29. The molecule has 7 heteroatoms. The number of hydrogen-bond donors (Lipinski definition) is 1. The highest BCUT2D eigenvalue weighted by Crippen LogP contribution is 2.22. The molecule has 1 heterocycles. The van der Waals surface area contributed by atoms with E-state index in [-0.39, 0.29) is 12.5 Å². The maximum atomic E-state index is 12.4. The molecule has 182 valence electrons. The quantitative estimate of drug-likeness (QED) is 0.280. The van der Waals surface area contributed by atoms with Gasteiger partial charge >= 0.3 is 0 Å². The minimum Gasteiger partial charge on any atom is -0.492 e. The van der Waals surface area contributed by atoms with E-state index in [0.717, 1.165) is 29.0 Å². The smallest absolute Gasteiger partial charge is 0.258 e. The van der Waals surface area contributed by atoms with Gasteiger partial charge in [-0.25, -0.2) is 4.98 Å². The van der Waals surface area contributed by atoms with Crippen LogP contribution in [0.25, 0.3) is 11.0 Å². The van der Waals surface area contributed by atoms with Gasteiger partial charge < -0.3 is 19.4 Å². The molecule has 4 rings (SSSR count). The summed E-state index contributed by atoms with van der Waals surface area (Å²) in [6.45, 7) is 5.73. The average molecular weight is 492 g/mol. The summed E-state index contributed by atoms with van der Waals surface area (Å²) in [5, 5.41) is 3.52. The molecule has 1 amide bonds. The van der Waals surface area contributed by atoms with E-state index in [2.05, 4.69) is 35.9 Å². The highest BCUT2D eigenvalue weighted by molar-refractivity contribution is 6.30. The Morgan fingerprint density at radius 1 is 1.00 bits per heavy atom. The first kappa shape index (κ1) is 24.6. The number of nitrogens with zero attached hydrogens (tertiary/aromatic N) is 2. The number of carbonyl (C=O) groups is 1. The van der Waals surface area contributed by atoms with Crippen LogP contribution < -0.4 is 14.8 Å². The number of aromatic nitrogens is 2. The van der Waals surface area contributed by atoms with Gasteiger partial charge in [0.25, 0.3) is 5.91 Å². The lowest BCUT2D eigenvalue weighted by Gasteiger charge is -2.13. The van der Waals surface area contributed by atoms with Crippen molar-refractivity contribution < 1.29 is 14.3 Å². The van der Waals surface area contributed by atoms with Crippen molar-refractivity contribution in [3.63, 3.8) is 0 Å². The van der Waals surface area contributed by atoms with Crippen molar-refractivity contribution in [1.82, 2.24) is 14.9 Å². The van der Waals surface area contributed by atoms with Gasteiger partial charge in [0.15, 0.2) is 6.61 Å². The molecule has 1 atom stereocenters. The van der Waals surface area contributed by atoms with Crippen LogP contribution in [0.3, 0.4) is 0 Å². The normalized spacial score (nSPS) is 11.9. The number of amides is 1. The van der Waals surface area contributed by atoms with Crippen molar-refractivity contribution in [2.45, 2.75) is 39.3 Å². The minimum atomic E-state index is -0.226. The van der Waals surface area contributed by atoms with Gasteiger partial charge in [-0.05, 0) is 66.4 Å². The van der Waals surface area contributed by atoms with E-state index in [1.165, 1.54) is 5.56 Å². The Balaban J connectivity index is 1.35. The maximum absolute atomic E-state index is 12.4. The first-order valence-electron chi connectivity index (χ1n) is 11.9. The predicted octanol–water partition coefficient (Wildman–Crippen LogP) is 5.98. The number of benzene rings is 3. The van der Waals surface area contributed by atoms with Crippen molar-refractivity contribution in [1.29, 1.82) is 0 Å². The fourth-order valence-electron chi connectivity index (χ4n) is 3.80. The molecule has 0 aliphatic carbocycles. The standard InChI is InChI=1S/C28H30ClN3O3/c1-3-20(2)21-8-12-23(13-9-21)34-17-16-32-26-7-5-4-6-25(26)31-27(32)18-30-28(33)19-35-24-14-10-22(29)11-15-24/h4-15,20H,3,16-19H2,1-2H3,(H,30,33). The molecular formula is C28H30ClN3O3. The Morgan fingerprint density at radius 3 is 2.43 bits per heavy atom. The van der Waals surface area contributed by atoms with Crippen LogP contribution in [0.5, 0.6) is 11.5 Å². The van der Waals surface area contributed by atoms with Crippen molar-refractivity contribution in [3.05, 3.63) is 89.2 Å². The van der Waals surface area contributed by atoms with Crippen LogP contribution in [-0.2, 0) is 17.9 Å². The first-order valence-corrected chi connectivity index (χ1v) is 12.2. The number of carbonyl (C=O) groups excluding carboxylic acids is 1. The van der Waals surface area contributed by atoms with Gasteiger partial charge in [0.2, 0.25) is 0 Å². The summed E-state index contributed by atoms with van der Waals surface area (Å²) in [5.41, 5.74) is 3.20. The fourth-order valence-corrected chi connectivity index (χ4v) is 3.93. The summed E-state index contributed by atoms with van der Waals surface area (Å²) < 4.78 is 13.6. The van der Waals surface area contributed by atoms with Gasteiger partial charge in [-0.15, -0.1) is 0 Å². The first-order chi connectivity index (χ1) is 17.0. The summed E-state index contributed by atoms with van der Waals surface area (Å²) >= 11 is 5.88. The molecule has 3 aromatic carbocycles. The average Bonchev–Trinajstić information content (AvgIpc) is 3.24. The highest BCUT2D eigenvalue weighted by Gasteiger charge is 2.12. The van der Waals surface area contributed by atoms with E-state index >= 15 is 0 Å². The Bertz CT molecular complexity index is 1250. The predicted molar refractivity (Wildman–Crippen MR) is 139 cm³/mol. The zero-order valence-electron chi connectivity index (χ0n) is 20.0. The lowest BCUT2D eigenvalue weighted by molar-refractivity contribution is -0.123. The molecule has 0 fully saturated rings. The van der Waals surface area contributed by atoms with Crippen LogP contribution >= 0.6 is 11.6 Å². The third kappa shape index (κ3) is 6.55. The van der Waals surface area contributed by atoms with Crippen LogP contribution in [0.4, 0.5) is 0 Å². The number of hydrogen-bond acceptors (Lipinski definition) is 4. The van der Waals surface area contributed by atoms with E-state index < -0.39 is 0 Å².